The Balaban J connectivity index is 2.24. The molecule has 0 saturated carbocycles. The fourth-order valence-electron chi connectivity index (χ4n) is 1.79. The molecule has 25 heavy (non-hydrogen) atoms. The highest BCUT2D eigenvalue weighted by Crippen LogP contribution is 2.26. The van der Waals surface area contributed by atoms with Crippen molar-refractivity contribution in [1.82, 2.24) is 0 Å². The molecular weight excluding hydrogens is 347 g/mol. The molecule has 0 aliphatic rings. The summed E-state index contributed by atoms with van der Waals surface area (Å²) in [5, 5.41) is 21.6. The molecule has 0 amide bonds. The van der Waals surface area contributed by atoms with Crippen molar-refractivity contribution in [2.45, 2.75) is 6.36 Å². The summed E-state index contributed by atoms with van der Waals surface area (Å²) in [6.07, 6.45) is -3.73. The van der Waals surface area contributed by atoms with E-state index in [0.717, 1.165) is 36.5 Å². The number of hydrogen-bond acceptors (Lipinski definition) is 6. The van der Waals surface area contributed by atoms with E-state index in [1.54, 1.807) is 0 Å². The second kappa shape index (κ2) is 6.95. The molecule has 0 heterocycles. The van der Waals surface area contributed by atoms with E-state index in [1.165, 1.54) is 12.1 Å². The molecule has 11 heteroatoms. The first-order valence-electron chi connectivity index (χ1n) is 6.48. The molecule has 130 valence electrons. The Morgan fingerprint density at radius 1 is 1.00 bits per heavy atom. The average Bonchev–Trinajstić information content (AvgIpc) is 2.52. The van der Waals surface area contributed by atoms with Crippen LogP contribution in [-0.2, 0) is 0 Å². The number of halogens is 3. The van der Waals surface area contributed by atoms with Gasteiger partial charge in [-0.2, -0.15) is 0 Å². The highest BCUT2D eigenvalue weighted by atomic mass is 19.4. The fourth-order valence-corrected chi connectivity index (χ4v) is 1.79. The van der Waals surface area contributed by atoms with Crippen LogP contribution in [-0.4, -0.2) is 22.4 Å². The van der Waals surface area contributed by atoms with Gasteiger partial charge in [0.15, 0.2) is 0 Å². The zero-order valence-corrected chi connectivity index (χ0v) is 12.1. The number of rotatable bonds is 5. The van der Waals surface area contributed by atoms with Crippen molar-refractivity contribution in [3.8, 4) is 5.75 Å². The second-order valence-electron chi connectivity index (χ2n) is 4.56. The lowest BCUT2D eigenvalue weighted by molar-refractivity contribution is -0.394. The zero-order valence-electron chi connectivity index (χ0n) is 12.1. The van der Waals surface area contributed by atoms with Gasteiger partial charge < -0.3 is 4.74 Å². The third-order valence-electron chi connectivity index (χ3n) is 2.84. The Morgan fingerprint density at radius 2 is 1.64 bits per heavy atom. The smallest absolute Gasteiger partial charge is 0.406 e. The summed E-state index contributed by atoms with van der Waals surface area (Å²) in [4.78, 5) is 24.0. The molecule has 0 atom stereocenters. The van der Waals surface area contributed by atoms with Gasteiger partial charge in [0.05, 0.1) is 27.2 Å². The summed E-state index contributed by atoms with van der Waals surface area (Å²) in [6.45, 7) is 0. The van der Waals surface area contributed by atoms with E-state index < -0.39 is 33.3 Å². The highest BCUT2D eigenvalue weighted by Gasteiger charge is 2.30. The Labute approximate surface area is 137 Å². The third-order valence-corrected chi connectivity index (χ3v) is 2.84. The van der Waals surface area contributed by atoms with Gasteiger partial charge in [-0.05, 0) is 30.3 Å². The van der Waals surface area contributed by atoms with Gasteiger partial charge in [-0.1, -0.05) is 0 Å². The van der Waals surface area contributed by atoms with Crippen LogP contribution in [0.1, 0.15) is 5.56 Å². The van der Waals surface area contributed by atoms with E-state index in [9.17, 15) is 33.4 Å². The van der Waals surface area contributed by atoms with Gasteiger partial charge in [0.1, 0.15) is 5.75 Å². The molecule has 8 nitrogen and oxygen atoms in total. The molecule has 0 spiro atoms. The second-order valence-corrected chi connectivity index (χ2v) is 4.56. The normalized spacial score (nSPS) is 11.5. The van der Waals surface area contributed by atoms with Gasteiger partial charge in [-0.25, -0.2) is 0 Å². The molecule has 0 aliphatic carbocycles. The van der Waals surface area contributed by atoms with Crippen LogP contribution in [0.2, 0.25) is 0 Å². The van der Waals surface area contributed by atoms with E-state index >= 15 is 0 Å². The summed E-state index contributed by atoms with van der Waals surface area (Å²) in [5.74, 6) is -0.437. The molecule has 2 aromatic rings. The molecule has 0 unspecified atom stereocenters. The van der Waals surface area contributed by atoms with E-state index in [0.29, 0.717) is 0 Å². The molecule has 0 fully saturated rings. The quantitative estimate of drug-likeness (QED) is 0.455. The average molecular weight is 355 g/mol. The van der Waals surface area contributed by atoms with E-state index in [-0.39, 0.29) is 11.3 Å². The van der Waals surface area contributed by atoms with Crippen LogP contribution < -0.4 is 4.74 Å². The minimum absolute atomic E-state index is 0.00576. The summed E-state index contributed by atoms with van der Waals surface area (Å²) < 4.78 is 39.9. The van der Waals surface area contributed by atoms with Crippen molar-refractivity contribution in [1.29, 1.82) is 0 Å². The van der Waals surface area contributed by atoms with Gasteiger partial charge in [-0.3, -0.25) is 25.2 Å². The number of nitro benzene ring substituents is 2. The summed E-state index contributed by atoms with van der Waals surface area (Å²) >= 11 is 0. The van der Waals surface area contributed by atoms with Gasteiger partial charge >= 0.3 is 6.36 Å². The minimum atomic E-state index is -4.82. The number of nitrogens with zero attached hydrogens (tertiary/aromatic N) is 3. The third kappa shape index (κ3) is 4.99. The molecule has 0 saturated heterocycles. The van der Waals surface area contributed by atoms with Crippen molar-refractivity contribution in [2.75, 3.05) is 0 Å². The van der Waals surface area contributed by atoms with Crippen molar-refractivity contribution >= 4 is 23.3 Å². The predicted molar refractivity (Wildman–Crippen MR) is 80.1 cm³/mol. The van der Waals surface area contributed by atoms with E-state index in [1.807, 2.05) is 0 Å². The maximum Gasteiger partial charge on any atom is 0.573 e. The molecule has 2 aromatic carbocycles. The van der Waals surface area contributed by atoms with Gasteiger partial charge in [0, 0.05) is 12.3 Å². The van der Waals surface area contributed by atoms with E-state index in [2.05, 4.69) is 9.73 Å². The number of hydrogen-bond donors (Lipinski definition) is 0. The van der Waals surface area contributed by atoms with E-state index in [4.69, 9.17) is 0 Å². The van der Waals surface area contributed by atoms with Crippen LogP contribution in [0.25, 0.3) is 0 Å². The standard InChI is InChI=1S/C14H8F3N3O5/c15-14(16,17)25-12-5-2-10(3-6-12)18-8-9-1-4-11(19(21)22)7-13(9)20(23)24/h1-8H. The van der Waals surface area contributed by atoms with Crippen LogP contribution in [0.3, 0.4) is 0 Å². The van der Waals surface area contributed by atoms with Crippen molar-refractivity contribution in [3.63, 3.8) is 0 Å². The Hall–Kier alpha value is -3.50. The maximum absolute atomic E-state index is 12.1. The number of ether oxygens (including phenoxy) is 1. The fraction of sp³-hybridized carbons (Fsp3) is 0.0714. The Kier molecular flexibility index (Phi) is 4.96. The first-order valence-corrected chi connectivity index (χ1v) is 6.48. The molecule has 0 aromatic heterocycles. The van der Waals surface area contributed by atoms with Crippen LogP contribution in [0.5, 0.6) is 5.75 Å². The lowest BCUT2D eigenvalue weighted by Crippen LogP contribution is -2.16. The van der Waals surface area contributed by atoms with Crippen molar-refractivity contribution < 1.29 is 27.8 Å². The Bertz CT molecular complexity index is 835. The monoisotopic (exact) mass is 355 g/mol. The van der Waals surface area contributed by atoms with Crippen LogP contribution in [0, 0.1) is 20.2 Å². The minimum Gasteiger partial charge on any atom is -0.406 e. The number of alkyl halides is 3. The lowest BCUT2D eigenvalue weighted by atomic mass is 10.2. The summed E-state index contributed by atoms with van der Waals surface area (Å²) in [5.41, 5.74) is -0.749. The van der Waals surface area contributed by atoms with Crippen LogP contribution >= 0.6 is 0 Å². The largest absolute Gasteiger partial charge is 0.573 e. The summed E-state index contributed by atoms with van der Waals surface area (Å²) in [7, 11) is 0. The first-order chi connectivity index (χ1) is 11.7. The maximum atomic E-state index is 12.1. The molecule has 0 aliphatic heterocycles. The van der Waals surface area contributed by atoms with Crippen molar-refractivity contribution in [3.05, 3.63) is 68.3 Å². The van der Waals surface area contributed by atoms with Gasteiger partial charge in [0.25, 0.3) is 11.4 Å². The zero-order chi connectivity index (χ0) is 18.6. The predicted octanol–water partition coefficient (Wildman–Crippen LogP) is 4.15. The van der Waals surface area contributed by atoms with Gasteiger partial charge in [0.2, 0.25) is 0 Å². The van der Waals surface area contributed by atoms with Crippen LogP contribution in [0.15, 0.2) is 47.5 Å². The molecule has 2 rings (SSSR count). The number of nitro groups is 2. The summed E-state index contributed by atoms with van der Waals surface area (Å²) in [6, 6.07) is 7.52. The Morgan fingerprint density at radius 3 is 2.16 bits per heavy atom. The SMILES string of the molecule is O=[N+]([O-])c1ccc(C=Nc2ccc(OC(F)(F)F)cc2)c([N+](=O)[O-])c1. The molecule has 0 bridgehead atoms. The topological polar surface area (TPSA) is 108 Å². The molecule has 0 radical (unpaired) electrons. The highest BCUT2D eigenvalue weighted by molar-refractivity contribution is 5.87. The number of non-ortho nitro benzene ring substituents is 1. The first kappa shape index (κ1) is 17.8. The van der Waals surface area contributed by atoms with Gasteiger partial charge in [-0.15, -0.1) is 13.2 Å². The van der Waals surface area contributed by atoms with Crippen molar-refractivity contribution in [2.24, 2.45) is 4.99 Å². The number of aliphatic imine (C=N–C) groups is 1. The molecule has 0 N–H and O–H groups in total. The van der Waals surface area contributed by atoms with Crippen LogP contribution in [0.4, 0.5) is 30.2 Å². The molecular formula is C14H8F3N3O5. The lowest BCUT2D eigenvalue weighted by Gasteiger charge is -2.08. The number of benzene rings is 2.